The molecule has 1 heterocycles. The maximum atomic E-state index is 13.5. The summed E-state index contributed by atoms with van der Waals surface area (Å²) in [6.45, 7) is 1.72. The molecule has 150 valence electrons. The van der Waals surface area contributed by atoms with E-state index in [0.717, 1.165) is 30.8 Å². The molecule has 0 aromatic heterocycles. The predicted octanol–water partition coefficient (Wildman–Crippen LogP) is 3.42. The number of hydrogen-bond acceptors (Lipinski definition) is 4. The van der Waals surface area contributed by atoms with E-state index in [1.165, 1.54) is 12.1 Å². The minimum absolute atomic E-state index is 0.117. The van der Waals surface area contributed by atoms with Crippen LogP contribution >= 0.6 is 0 Å². The Morgan fingerprint density at radius 1 is 1.29 bits per heavy atom. The minimum atomic E-state index is -0.283. The van der Waals surface area contributed by atoms with Gasteiger partial charge in [-0.3, -0.25) is 4.79 Å². The Hall–Kier alpha value is -2.44. The van der Waals surface area contributed by atoms with Gasteiger partial charge in [-0.05, 0) is 68.9 Å². The third kappa shape index (κ3) is 5.53. The van der Waals surface area contributed by atoms with E-state index in [4.69, 9.17) is 9.47 Å². The lowest BCUT2D eigenvalue weighted by molar-refractivity contribution is 0.0679. The zero-order chi connectivity index (χ0) is 19.9. The highest BCUT2D eigenvalue weighted by molar-refractivity contribution is 5.94. The SMILES string of the molecule is CN(C)[C@@H](CNC(=O)c1ccc(OC[C@@H]2CCCO2)cc1)c1cccc(F)c1. The van der Waals surface area contributed by atoms with Crippen LogP contribution < -0.4 is 10.1 Å². The fourth-order valence-corrected chi connectivity index (χ4v) is 3.27. The average molecular weight is 386 g/mol. The summed E-state index contributed by atoms with van der Waals surface area (Å²) in [7, 11) is 3.81. The standard InChI is InChI=1S/C22H27FN2O3/c1-25(2)21(17-5-3-6-18(23)13-17)14-24-22(26)16-8-10-19(11-9-16)28-15-20-7-4-12-27-20/h3,5-6,8-11,13,20-21H,4,7,12,14-15H2,1-2H3,(H,24,26)/t20-,21-/m0/s1. The lowest BCUT2D eigenvalue weighted by Gasteiger charge is -2.25. The molecule has 0 spiro atoms. The van der Waals surface area contributed by atoms with Crippen molar-refractivity contribution in [3.8, 4) is 5.75 Å². The van der Waals surface area contributed by atoms with E-state index in [-0.39, 0.29) is 23.9 Å². The van der Waals surface area contributed by atoms with E-state index in [1.54, 1.807) is 30.3 Å². The number of rotatable bonds is 8. The Labute approximate surface area is 165 Å². The van der Waals surface area contributed by atoms with Crippen LogP contribution in [-0.2, 0) is 4.74 Å². The number of halogens is 1. The van der Waals surface area contributed by atoms with Gasteiger partial charge in [0.15, 0.2) is 0 Å². The molecule has 0 bridgehead atoms. The summed E-state index contributed by atoms with van der Waals surface area (Å²) < 4.78 is 24.8. The Balaban J connectivity index is 1.54. The van der Waals surface area contributed by atoms with Crippen LogP contribution in [-0.4, -0.2) is 50.8 Å². The molecule has 2 aromatic rings. The Bertz CT molecular complexity index is 774. The van der Waals surface area contributed by atoms with Crippen molar-refractivity contribution < 1.29 is 18.7 Å². The molecule has 6 heteroatoms. The van der Waals surface area contributed by atoms with Crippen molar-refractivity contribution in [3.05, 3.63) is 65.5 Å². The van der Waals surface area contributed by atoms with Crippen molar-refractivity contribution in [2.24, 2.45) is 0 Å². The normalized spacial score (nSPS) is 17.5. The summed E-state index contributed by atoms with van der Waals surface area (Å²) in [4.78, 5) is 14.4. The van der Waals surface area contributed by atoms with E-state index in [1.807, 2.05) is 25.1 Å². The van der Waals surface area contributed by atoms with Crippen LogP contribution in [0.15, 0.2) is 48.5 Å². The third-order valence-corrected chi connectivity index (χ3v) is 4.89. The van der Waals surface area contributed by atoms with Crippen molar-refractivity contribution in [2.45, 2.75) is 25.0 Å². The number of carbonyl (C=O) groups is 1. The molecule has 0 saturated carbocycles. The van der Waals surface area contributed by atoms with Crippen LogP contribution in [0.5, 0.6) is 5.75 Å². The van der Waals surface area contributed by atoms with Gasteiger partial charge in [0.2, 0.25) is 0 Å². The highest BCUT2D eigenvalue weighted by Gasteiger charge is 2.17. The quantitative estimate of drug-likeness (QED) is 0.755. The second-order valence-corrected chi connectivity index (χ2v) is 7.21. The molecule has 2 atom stereocenters. The van der Waals surface area contributed by atoms with Crippen LogP contribution in [0, 0.1) is 5.82 Å². The van der Waals surface area contributed by atoms with Gasteiger partial charge in [-0.25, -0.2) is 4.39 Å². The van der Waals surface area contributed by atoms with E-state index in [2.05, 4.69) is 5.32 Å². The van der Waals surface area contributed by atoms with Crippen molar-refractivity contribution in [1.82, 2.24) is 10.2 Å². The van der Waals surface area contributed by atoms with Gasteiger partial charge >= 0.3 is 0 Å². The Kier molecular flexibility index (Phi) is 7.01. The number of carbonyl (C=O) groups excluding carboxylic acids is 1. The van der Waals surface area contributed by atoms with E-state index >= 15 is 0 Å². The molecule has 1 aliphatic heterocycles. The van der Waals surface area contributed by atoms with Crippen LogP contribution in [0.1, 0.15) is 34.8 Å². The van der Waals surface area contributed by atoms with E-state index in [9.17, 15) is 9.18 Å². The highest BCUT2D eigenvalue weighted by Crippen LogP contribution is 2.19. The number of hydrogen-bond donors (Lipinski definition) is 1. The smallest absolute Gasteiger partial charge is 0.251 e. The second-order valence-electron chi connectivity index (χ2n) is 7.21. The van der Waals surface area contributed by atoms with E-state index in [0.29, 0.717) is 18.7 Å². The summed E-state index contributed by atoms with van der Waals surface area (Å²) in [5.41, 5.74) is 1.38. The molecule has 1 N–H and O–H groups in total. The molecule has 2 aromatic carbocycles. The van der Waals surface area contributed by atoms with Crippen LogP contribution in [0.3, 0.4) is 0 Å². The summed E-state index contributed by atoms with van der Waals surface area (Å²) in [6.07, 6.45) is 2.27. The summed E-state index contributed by atoms with van der Waals surface area (Å²) in [5, 5.41) is 2.93. The molecule has 1 fully saturated rings. The Morgan fingerprint density at radius 2 is 2.07 bits per heavy atom. The molecular weight excluding hydrogens is 359 g/mol. The summed E-state index contributed by atoms with van der Waals surface area (Å²) in [6, 6.07) is 13.4. The van der Waals surface area contributed by atoms with Crippen molar-refractivity contribution in [1.29, 1.82) is 0 Å². The number of nitrogens with one attached hydrogen (secondary N) is 1. The van der Waals surface area contributed by atoms with Crippen LogP contribution in [0.25, 0.3) is 0 Å². The molecule has 0 radical (unpaired) electrons. The molecule has 0 aliphatic carbocycles. The molecule has 1 saturated heterocycles. The largest absolute Gasteiger partial charge is 0.491 e. The number of amides is 1. The highest BCUT2D eigenvalue weighted by atomic mass is 19.1. The fourth-order valence-electron chi connectivity index (χ4n) is 3.27. The predicted molar refractivity (Wildman–Crippen MR) is 106 cm³/mol. The fraction of sp³-hybridized carbons (Fsp3) is 0.409. The monoisotopic (exact) mass is 386 g/mol. The number of likely N-dealkylation sites (N-methyl/N-ethyl adjacent to an activating group) is 1. The molecule has 1 aliphatic rings. The second kappa shape index (κ2) is 9.66. The first-order valence-electron chi connectivity index (χ1n) is 9.57. The average Bonchev–Trinajstić information content (AvgIpc) is 3.20. The minimum Gasteiger partial charge on any atom is -0.491 e. The van der Waals surface area contributed by atoms with Crippen molar-refractivity contribution in [3.63, 3.8) is 0 Å². The van der Waals surface area contributed by atoms with Gasteiger partial charge < -0.3 is 19.7 Å². The van der Waals surface area contributed by atoms with Gasteiger partial charge in [-0.1, -0.05) is 12.1 Å². The first-order chi connectivity index (χ1) is 13.5. The zero-order valence-electron chi connectivity index (χ0n) is 16.4. The van der Waals surface area contributed by atoms with Crippen molar-refractivity contribution in [2.75, 3.05) is 33.9 Å². The van der Waals surface area contributed by atoms with Gasteiger partial charge in [0.1, 0.15) is 18.2 Å². The molecule has 28 heavy (non-hydrogen) atoms. The maximum Gasteiger partial charge on any atom is 0.251 e. The van der Waals surface area contributed by atoms with Gasteiger partial charge in [0, 0.05) is 18.7 Å². The lowest BCUT2D eigenvalue weighted by atomic mass is 10.1. The van der Waals surface area contributed by atoms with Gasteiger partial charge in [0.05, 0.1) is 12.1 Å². The summed E-state index contributed by atoms with van der Waals surface area (Å²) >= 11 is 0. The number of nitrogens with zero attached hydrogens (tertiary/aromatic N) is 1. The van der Waals surface area contributed by atoms with Gasteiger partial charge in [0.25, 0.3) is 5.91 Å². The first kappa shape index (κ1) is 20.3. The van der Waals surface area contributed by atoms with Crippen molar-refractivity contribution >= 4 is 5.91 Å². The lowest BCUT2D eigenvalue weighted by Crippen LogP contribution is -2.34. The molecule has 5 nitrogen and oxygen atoms in total. The summed E-state index contributed by atoms with van der Waals surface area (Å²) in [5.74, 6) is 0.265. The Morgan fingerprint density at radius 3 is 2.71 bits per heavy atom. The topological polar surface area (TPSA) is 50.8 Å². The molecular formula is C22H27FN2O3. The number of ether oxygens (including phenoxy) is 2. The maximum absolute atomic E-state index is 13.5. The molecule has 3 rings (SSSR count). The van der Waals surface area contributed by atoms with Crippen LogP contribution in [0.2, 0.25) is 0 Å². The third-order valence-electron chi connectivity index (χ3n) is 4.89. The van der Waals surface area contributed by atoms with E-state index < -0.39 is 0 Å². The molecule has 1 amide bonds. The zero-order valence-corrected chi connectivity index (χ0v) is 16.4. The van der Waals surface area contributed by atoms with Gasteiger partial charge in [-0.2, -0.15) is 0 Å². The first-order valence-corrected chi connectivity index (χ1v) is 9.57. The van der Waals surface area contributed by atoms with Gasteiger partial charge in [-0.15, -0.1) is 0 Å². The number of benzene rings is 2. The van der Waals surface area contributed by atoms with Crippen LogP contribution in [0.4, 0.5) is 4.39 Å². The molecule has 0 unspecified atom stereocenters.